The molecule has 2 aromatic carbocycles. The molecule has 7 nitrogen and oxygen atoms in total. The van der Waals surface area contributed by atoms with Crippen LogP contribution in [-0.4, -0.2) is 29.8 Å². The predicted molar refractivity (Wildman–Crippen MR) is 99.2 cm³/mol. The largest absolute Gasteiger partial charge is 0.508 e. The standard InChI is InChI=1S/C20H20N2O5/c1-2-10-26-20(25)22-17-15-11-14(23)8-9-16(15)21-19(24)18(17)27-12-13-6-4-3-5-7-13/h2-9,11,17-18,23H,1,10,12H2,(H,21,24)(H,22,25)/t17-,18+/m0/s1. The second-order valence-corrected chi connectivity index (χ2v) is 5.99. The lowest BCUT2D eigenvalue weighted by molar-refractivity contribution is -0.131. The zero-order valence-electron chi connectivity index (χ0n) is 14.6. The minimum absolute atomic E-state index is 0.0120. The van der Waals surface area contributed by atoms with Crippen LogP contribution >= 0.6 is 0 Å². The number of ether oxygens (including phenoxy) is 2. The zero-order valence-corrected chi connectivity index (χ0v) is 14.6. The Balaban J connectivity index is 1.85. The number of aromatic hydroxyl groups is 1. The molecule has 1 aliphatic rings. The van der Waals surface area contributed by atoms with Crippen LogP contribution in [0.3, 0.4) is 0 Å². The number of phenols is 1. The fourth-order valence-corrected chi connectivity index (χ4v) is 2.83. The molecule has 27 heavy (non-hydrogen) atoms. The van der Waals surface area contributed by atoms with Gasteiger partial charge in [-0.15, -0.1) is 0 Å². The second kappa shape index (κ2) is 8.37. The fraction of sp³-hybridized carbons (Fsp3) is 0.200. The first-order chi connectivity index (χ1) is 13.1. The summed E-state index contributed by atoms with van der Waals surface area (Å²) in [4.78, 5) is 24.6. The highest BCUT2D eigenvalue weighted by atomic mass is 16.5. The van der Waals surface area contributed by atoms with Crippen LogP contribution in [0.4, 0.5) is 10.5 Å². The molecule has 0 radical (unpaired) electrons. The van der Waals surface area contributed by atoms with Gasteiger partial charge >= 0.3 is 6.09 Å². The molecule has 3 rings (SSSR count). The number of benzene rings is 2. The third kappa shape index (κ3) is 4.45. The van der Waals surface area contributed by atoms with Gasteiger partial charge in [-0.2, -0.15) is 0 Å². The Hall–Kier alpha value is -3.32. The monoisotopic (exact) mass is 368 g/mol. The van der Waals surface area contributed by atoms with Crippen molar-refractivity contribution in [1.82, 2.24) is 5.32 Å². The van der Waals surface area contributed by atoms with Crippen LogP contribution in [-0.2, 0) is 20.9 Å². The molecule has 0 saturated carbocycles. The first-order valence-corrected chi connectivity index (χ1v) is 8.42. The number of fused-ring (bicyclic) bond motifs is 1. The Bertz CT molecular complexity index is 838. The lowest BCUT2D eigenvalue weighted by atomic mass is 9.94. The number of rotatable bonds is 6. The van der Waals surface area contributed by atoms with Crippen molar-refractivity contribution in [2.75, 3.05) is 11.9 Å². The van der Waals surface area contributed by atoms with Crippen LogP contribution in [0.25, 0.3) is 0 Å². The summed E-state index contributed by atoms with van der Waals surface area (Å²) in [5.41, 5.74) is 1.91. The number of hydrogen-bond donors (Lipinski definition) is 3. The molecule has 2 atom stereocenters. The summed E-state index contributed by atoms with van der Waals surface area (Å²) < 4.78 is 10.8. The highest BCUT2D eigenvalue weighted by Crippen LogP contribution is 2.35. The van der Waals surface area contributed by atoms with Crippen LogP contribution < -0.4 is 10.6 Å². The van der Waals surface area contributed by atoms with E-state index < -0.39 is 24.1 Å². The van der Waals surface area contributed by atoms with Gasteiger partial charge in [0.2, 0.25) is 0 Å². The summed E-state index contributed by atoms with van der Waals surface area (Å²) in [6.45, 7) is 3.71. The van der Waals surface area contributed by atoms with Gasteiger partial charge in [0, 0.05) is 11.3 Å². The van der Waals surface area contributed by atoms with Gasteiger partial charge < -0.3 is 25.2 Å². The molecular formula is C20H20N2O5. The van der Waals surface area contributed by atoms with Crippen molar-refractivity contribution in [2.45, 2.75) is 18.8 Å². The topological polar surface area (TPSA) is 96.9 Å². The number of carbonyl (C=O) groups excluding carboxylic acids is 2. The number of phenolic OH excluding ortho intramolecular Hbond substituents is 1. The first kappa shape index (κ1) is 18.5. The predicted octanol–water partition coefficient (Wildman–Crippen LogP) is 2.88. The highest BCUT2D eigenvalue weighted by Gasteiger charge is 2.38. The molecule has 0 fully saturated rings. The van der Waals surface area contributed by atoms with Gasteiger partial charge in [0.15, 0.2) is 6.10 Å². The van der Waals surface area contributed by atoms with Crippen molar-refractivity contribution in [3.05, 3.63) is 72.3 Å². The Morgan fingerprint density at radius 3 is 2.78 bits per heavy atom. The number of anilines is 1. The van der Waals surface area contributed by atoms with Crippen LogP contribution in [0.1, 0.15) is 17.2 Å². The molecule has 0 aliphatic carbocycles. The fourth-order valence-electron chi connectivity index (χ4n) is 2.83. The molecule has 0 saturated heterocycles. The van der Waals surface area contributed by atoms with E-state index >= 15 is 0 Å². The number of alkyl carbamates (subject to hydrolysis) is 1. The van der Waals surface area contributed by atoms with E-state index in [1.807, 2.05) is 30.3 Å². The molecular weight excluding hydrogens is 348 g/mol. The van der Waals surface area contributed by atoms with Crippen molar-refractivity contribution in [3.63, 3.8) is 0 Å². The number of amides is 2. The molecule has 1 heterocycles. The van der Waals surface area contributed by atoms with Crippen LogP contribution in [0.15, 0.2) is 61.2 Å². The number of nitrogens with one attached hydrogen (secondary N) is 2. The zero-order chi connectivity index (χ0) is 19.2. The highest BCUT2D eigenvalue weighted by molar-refractivity contribution is 5.98. The van der Waals surface area contributed by atoms with Crippen molar-refractivity contribution >= 4 is 17.7 Å². The Morgan fingerprint density at radius 2 is 2.04 bits per heavy atom. The maximum atomic E-state index is 12.6. The number of carbonyl (C=O) groups is 2. The molecule has 3 N–H and O–H groups in total. The number of hydrogen-bond acceptors (Lipinski definition) is 5. The summed E-state index contributed by atoms with van der Waals surface area (Å²) in [5, 5.41) is 15.2. The van der Waals surface area contributed by atoms with E-state index in [0.717, 1.165) is 5.56 Å². The van der Waals surface area contributed by atoms with Gasteiger partial charge in [-0.1, -0.05) is 43.0 Å². The summed E-state index contributed by atoms with van der Waals surface area (Å²) >= 11 is 0. The Morgan fingerprint density at radius 1 is 1.26 bits per heavy atom. The van der Waals surface area contributed by atoms with Crippen LogP contribution in [0.2, 0.25) is 0 Å². The van der Waals surface area contributed by atoms with E-state index in [-0.39, 0.29) is 19.0 Å². The van der Waals surface area contributed by atoms with E-state index in [9.17, 15) is 14.7 Å². The van der Waals surface area contributed by atoms with E-state index in [1.54, 1.807) is 6.07 Å². The molecule has 2 aromatic rings. The second-order valence-electron chi connectivity index (χ2n) is 5.99. The smallest absolute Gasteiger partial charge is 0.408 e. The van der Waals surface area contributed by atoms with Gasteiger partial charge in [0.25, 0.3) is 5.91 Å². The lowest BCUT2D eigenvalue weighted by Crippen LogP contribution is -2.47. The molecule has 7 heteroatoms. The van der Waals surface area contributed by atoms with E-state index in [1.165, 1.54) is 18.2 Å². The van der Waals surface area contributed by atoms with E-state index in [4.69, 9.17) is 9.47 Å². The first-order valence-electron chi connectivity index (χ1n) is 8.42. The summed E-state index contributed by atoms with van der Waals surface area (Å²) in [7, 11) is 0. The van der Waals surface area contributed by atoms with Crippen LogP contribution in [0.5, 0.6) is 5.75 Å². The molecule has 0 aromatic heterocycles. The molecule has 0 spiro atoms. The van der Waals surface area contributed by atoms with Gasteiger partial charge in [0.1, 0.15) is 12.4 Å². The third-order valence-electron chi connectivity index (χ3n) is 4.07. The van der Waals surface area contributed by atoms with Crippen LogP contribution in [0, 0.1) is 0 Å². The van der Waals surface area contributed by atoms with E-state index in [0.29, 0.717) is 11.3 Å². The minimum atomic E-state index is -0.990. The lowest BCUT2D eigenvalue weighted by Gasteiger charge is -2.33. The Labute approximate surface area is 156 Å². The van der Waals surface area contributed by atoms with E-state index in [2.05, 4.69) is 17.2 Å². The quantitative estimate of drug-likeness (QED) is 0.538. The van der Waals surface area contributed by atoms with Crippen molar-refractivity contribution in [1.29, 1.82) is 0 Å². The maximum Gasteiger partial charge on any atom is 0.408 e. The molecule has 0 bridgehead atoms. The van der Waals surface area contributed by atoms with Crippen molar-refractivity contribution in [3.8, 4) is 5.75 Å². The average Bonchev–Trinajstić information content (AvgIpc) is 2.67. The summed E-state index contributed by atoms with van der Waals surface area (Å²) in [6, 6.07) is 13.1. The molecule has 0 unspecified atom stereocenters. The molecule has 2 amide bonds. The minimum Gasteiger partial charge on any atom is -0.508 e. The normalized spacial score (nSPS) is 18.1. The SMILES string of the molecule is C=CCOC(=O)N[C@H]1c2cc(O)ccc2NC(=O)[C@@H]1OCc1ccccc1. The van der Waals surface area contributed by atoms with Crippen molar-refractivity contribution in [2.24, 2.45) is 0 Å². The molecule has 1 aliphatic heterocycles. The average molecular weight is 368 g/mol. The molecule has 140 valence electrons. The van der Waals surface area contributed by atoms with Gasteiger partial charge in [-0.05, 0) is 23.8 Å². The summed E-state index contributed by atoms with van der Waals surface area (Å²) in [6.07, 6.45) is -0.260. The van der Waals surface area contributed by atoms with Gasteiger partial charge in [0.05, 0.1) is 12.6 Å². The maximum absolute atomic E-state index is 12.6. The van der Waals surface area contributed by atoms with Gasteiger partial charge in [-0.25, -0.2) is 4.79 Å². The van der Waals surface area contributed by atoms with Crippen molar-refractivity contribution < 1.29 is 24.2 Å². The van der Waals surface area contributed by atoms with Gasteiger partial charge in [-0.3, -0.25) is 4.79 Å². The summed E-state index contributed by atoms with van der Waals surface area (Å²) in [5.74, 6) is -0.379. The Kier molecular flexibility index (Phi) is 5.73. The third-order valence-corrected chi connectivity index (χ3v) is 4.07.